The topological polar surface area (TPSA) is 84.0 Å². The third-order valence-electron chi connectivity index (χ3n) is 4.55. The lowest BCUT2D eigenvalue weighted by Gasteiger charge is -2.17. The highest BCUT2D eigenvalue weighted by molar-refractivity contribution is 7.10. The zero-order valence-corrected chi connectivity index (χ0v) is 16.5. The van der Waals surface area contributed by atoms with Crippen LogP contribution in [0.3, 0.4) is 0 Å². The number of benzene rings is 1. The van der Waals surface area contributed by atoms with Gasteiger partial charge in [0.15, 0.2) is 6.61 Å². The molecule has 28 heavy (non-hydrogen) atoms. The van der Waals surface area contributed by atoms with Crippen LogP contribution in [0, 0.1) is 6.92 Å². The molecule has 0 saturated heterocycles. The number of esters is 1. The van der Waals surface area contributed by atoms with Crippen molar-refractivity contribution < 1.29 is 23.9 Å². The zero-order valence-electron chi connectivity index (χ0n) is 15.6. The maximum Gasteiger partial charge on any atom is 0.308 e. The third-order valence-corrected chi connectivity index (χ3v) is 5.56. The van der Waals surface area contributed by atoms with E-state index in [1.54, 1.807) is 42.6 Å². The van der Waals surface area contributed by atoms with Gasteiger partial charge in [0.2, 0.25) is 0 Å². The van der Waals surface area contributed by atoms with Gasteiger partial charge in [-0.2, -0.15) is 0 Å². The summed E-state index contributed by atoms with van der Waals surface area (Å²) >= 11 is 1.57. The summed E-state index contributed by atoms with van der Waals surface area (Å²) in [6.07, 6.45) is -0.160. The monoisotopic (exact) mass is 400 g/mol. The van der Waals surface area contributed by atoms with E-state index in [0.29, 0.717) is 17.7 Å². The summed E-state index contributed by atoms with van der Waals surface area (Å²) in [6, 6.07) is 8.51. The number of hydrogen-bond donors (Lipinski definition) is 0. The van der Waals surface area contributed by atoms with Crippen LogP contribution in [0.1, 0.15) is 37.6 Å². The maximum absolute atomic E-state index is 12.2. The summed E-state index contributed by atoms with van der Waals surface area (Å²) in [5.41, 5.74) is 1.78. The fourth-order valence-electron chi connectivity index (χ4n) is 2.84. The number of hydrogen-bond acceptors (Lipinski definition) is 6. The van der Waals surface area contributed by atoms with E-state index in [2.05, 4.69) is 0 Å². The van der Waals surface area contributed by atoms with Crippen LogP contribution in [0.4, 0.5) is 0 Å². The average Bonchev–Trinajstić information content (AvgIpc) is 3.19. The van der Waals surface area contributed by atoms with Gasteiger partial charge in [0.25, 0.3) is 17.7 Å². The van der Waals surface area contributed by atoms with Crippen LogP contribution in [0.25, 0.3) is 0 Å². The van der Waals surface area contributed by atoms with E-state index in [4.69, 9.17) is 4.74 Å². The number of imide groups is 1. The Morgan fingerprint density at radius 1 is 1.11 bits per heavy atom. The molecule has 2 aromatic rings. The Balaban J connectivity index is 1.45. The molecule has 3 amide bonds. The SMILES string of the molecule is Cc1ccsc1CN(C)C(=O)COC(=O)CCN1C(=O)c2ccccc2C1=O. The molecule has 0 atom stereocenters. The molecule has 1 aliphatic heterocycles. The van der Waals surface area contributed by atoms with Crippen molar-refractivity contribution >= 4 is 35.0 Å². The van der Waals surface area contributed by atoms with Crippen LogP contribution in [-0.4, -0.2) is 53.7 Å². The van der Waals surface area contributed by atoms with Crippen LogP contribution in [0.15, 0.2) is 35.7 Å². The Kier molecular flexibility index (Phi) is 5.89. The second-order valence-corrected chi connectivity index (χ2v) is 7.50. The first-order chi connectivity index (χ1) is 13.4. The van der Waals surface area contributed by atoms with Gasteiger partial charge >= 0.3 is 5.97 Å². The summed E-state index contributed by atoms with van der Waals surface area (Å²) in [7, 11) is 1.65. The smallest absolute Gasteiger partial charge is 0.308 e. The van der Waals surface area contributed by atoms with Gasteiger partial charge in [0.05, 0.1) is 24.1 Å². The van der Waals surface area contributed by atoms with Gasteiger partial charge in [-0.25, -0.2) is 0 Å². The van der Waals surface area contributed by atoms with E-state index >= 15 is 0 Å². The molecule has 1 aliphatic rings. The van der Waals surface area contributed by atoms with Crippen molar-refractivity contribution in [3.8, 4) is 0 Å². The summed E-state index contributed by atoms with van der Waals surface area (Å²) in [5.74, 6) is -1.79. The summed E-state index contributed by atoms with van der Waals surface area (Å²) in [5, 5.41) is 1.96. The van der Waals surface area contributed by atoms with Gasteiger partial charge in [-0.15, -0.1) is 11.3 Å². The third kappa shape index (κ3) is 4.12. The molecule has 3 rings (SSSR count). The molecule has 0 bridgehead atoms. The van der Waals surface area contributed by atoms with Crippen LogP contribution in [0.2, 0.25) is 0 Å². The first kappa shape index (κ1) is 19.8. The summed E-state index contributed by atoms with van der Waals surface area (Å²) in [4.78, 5) is 52.2. The van der Waals surface area contributed by atoms with Gasteiger partial charge < -0.3 is 9.64 Å². The number of amides is 3. The van der Waals surface area contributed by atoms with Crippen molar-refractivity contribution in [1.82, 2.24) is 9.80 Å². The quantitative estimate of drug-likeness (QED) is 0.526. The van der Waals surface area contributed by atoms with E-state index in [0.717, 1.165) is 15.3 Å². The highest BCUT2D eigenvalue weighted by Crippen LogP contribution is 2.22. The van der Waals surface area contributed by atoms with Crippen molar-refractivity contribution in [2.45, 2.75) is 19.9 Å². The van der Waals surface area contributed by atoms with Gasteiger partial charge in [0.1, 0.15) is 0 Å². The number of carbonyl (C=O) groups excluding carboxylic acids is 4. The normalized spacial score (nSPS) is 12.9. The van der Waals surface area contributed by atoms with Gasteiger partial charge in [-0.1, -0.05) is 12.1 Å². The minimum atomic E-state index is -0.634. The zero-order chi connectivity index (χ0) is 20.3. The second-order valence-electron chi connectivity index (χ2n) is 6.49. The Morgan fingerprint density at radius 2 is 1.75 bits per heavy atom. The molecule has 1 aromatic heterocycles. The molecule has 0 aliphatic carbocycles. The molecule has 0 saturated carbocycles. The summed E-state index contributed by atoms with van der Waals surface area (Å²) < 4.78 is 5.01. The standard InChI is InChI=1S/C20H20N2O5S/c1-13-8-10-28-16(13)11-21(2)17(23)12-27-18(24)7-9-22-19(25)14-5-3-4-6-15(14)20(22)26/h3-6,8,10H,7,9,11-12H2,1-2H3. The first-order valence-corrected chi connectivity index (χ1v) is 9.64. The highest BCUT2D eigenvalue weighted by Gasteiger charge is 2.35. The molecule has 1 aromatic carbocycles. The lowest BCUT2D eigenvalue weighted by atomic mass is 10.1. The molecule has 0 unspecified atom stereocenters. The Labute approximate surface area is 166 Å². The van der Waals surface area contributed by atoms with E-state index in [-0.39, 0.29) is 25.5 Å². The van der Waals surface area contributed by atoms with Crippen molar-refractivity contribution in [2.24, 2.45) is 0 Å². The summed E-state index contributed by atoms with van der Waals surface area (Å²) in [6.45, 7) is 1.98. The Morgan fingerprint density at radius 3 is 2.32 bits per heavy atom. The van der Waals surface area contributed by atoms with Crippen molar-refractivity contribution in [1.29, 1.82) is 0 Å². The lowest BCUT2D eigenvalue weighted by Crippen LogP contribution is -2.33. The lowest BCUT2D eigenvalue weighted by molar-refractivity contribution is -0.151. The molecule has 0 radical (unpaired) electrons. The maximum atomic E-state index is 12.2. The predicted molar refractivity (Wildman–Crippen MR) is 103 cm³/mol. The van der Waals surface area contributed by atoms with Gasteiger partial charge in [-0.05, 0) is 36.1 Å². The van der Waals surface area contributed by atoms with Crippen molar-refractivity contribution in [3.63, 3.8) is 0 Å². The van der Waals surface area contributed by atoms with Gasteiger partial charge in [0, 0.05) is 18.5 Å². The molecule has 2 heterocycles. The molecule has 7 nitrogen and oxygen atoms in total. The van der Waals surface area contributed by atoms with E-state index in [1.807, 2.05) is 18.4 Å². The first-order valence-electron chi connectivity index (χ1n) is 8.76. The number of fused-ring (bicyclic) bond motifs is 1. The number of aryl methyl sites for hydroxylation is 1. The highest BCUT2D eigenvalue weighted by atomic mass is 32.1. The molecule has 146 valence electrons. The largest absolute Gasteiger partial charge is 0.456 e. The number of carbonyl (C=O) groups is 4. The fourth-order valence-corrected chi connectivity index (χ4v) is 3.80. The molecule has 0 spiro atoms. The van der Waals surface area contributed by atoms with E-state index in [9.17, 15) is 19.2 Å². The van der Waals surface area contributed by atoms with Crippen LogP contribution < -0.4 is 0 Å². The molecule has 0 fully saturated rings. The number of nitrogens with zero attached hydrogens (tertiary/aromatic N) is 2. The molecular weight excluding hydrogens is 380 g/mol. The molecular formula is C20H20N2O5S. The van der Waals surface area contributed by atoms with Gasteiger partial charge in [-0.3, -0.25) is 24.1 Å². The van der Waals surface area contributed by atoms with Crippen molar-refractivity contribution in [3.05, 3.63) is 57.3 Å². The fraction of sp³-hybridized carbons (Fsp3) is 0.300. The van der Waals surface area contributed by atoms with Crippen molar-refractivity contribution in [2.75, 3.05) is 20.2 Å². The number of ether oxygens (including phenoxy) is 1. The van der Waals surface area contributed by atoms with E-state index in [1.165, 1.54) is 4.90 Å². The number of rotatable bonds is 7. The average molecular weight is 400 g/mol. The minimum absolute atomic E-state index is 0.0798. The minimum Gasteiger partial charge on any atom is -0.456 e. The Bertz CT molecular complexity index is 901. The predicted octanol–water partition coefficient (Wildman–Crippen LogP) is 2.24. The van der Waals surface area contributed by atoms with Crippen LogP contribution in [0.5, 0.6) is 0 Å². The molecule has 8 heteroatoms. The Hall–Kier alpha value is -3.00. The number of thiophene rings is 1. The van der Waals surface area contributed by atoms with E-state index < -0.39 is 17.8 Å². The van der Waals surface area contributed by atoms with Crippen LogP contribution >= 0.6 is 11.3 Å². The molecule has 0 N–H and O–H groups in total. The van der Waals surface area contributed by atoms with Crippen LogP contribution in [-0.2, 0) is 20.9 Å². The second kappa shape index (κ2) is 8.35. The number of likely N-dealkylation sites (N-methyl/N-ethyl adjacent to an activating group) is 1.